The van der Waals surface area contributed by atoms with E-state index in [2.05, 4.69) is 34.1 Å². The third kappa shape index (κ3) is 6.05. The van der Waals surface area contributed by atoms with E-state index in [1.165, 1.54) is 18.2 Å². The molecule has 1 atom stereocenters. The minimum Gasteiger partial charge on any atom is -0.296 e. The Balaban J connectivity index is 1.67. The third-order valence-corrected chi connectivity index (χ3v) is 8.10. The van der Waals surface area contributed by atoms with Gasteiger partial charge in [-0.3, -0.25) is 10.1 Å². The summed E-state index contributed by atoms with van der Waals surface area (Å²) in [5.74, 6) is -0.544. The van der Waals surface area contributed by atoms with Gasteiger partial charge in [-0.1, -0.05) is 78.7 Å². The molecular formula is C21H22Cl2N4O3S2. The summed E-state index contributed by atoms with van der Waals surface area (Å²) in [5.41, 5.74) is 1.07. The number of anilines is 1. The van der Waals surface area contributed by atoms with Crippen molar-refractivity contribution in [2.24, 2.45) is 0 Å². The van der Waals surface area contributed by atoms with Gasteiger partial charge < -0.3 is 0 Å². The number of benzene rings is 2. The second-order valence-electron chi connectivity index (χ2n) is 7.93. The largest absolute Gasteiger partial charge is 0.296 e. The number of sulfonamides is 1. The molecule has 2 N–H and O–H groups in total. The van der Waals surface area contributed by atoms with Crippen LogP contribution in [0, 0.1) is 0 Å². The van der Waals surface area contributed by atoms with E-state index >= 15 is 0 Å². The summed E-state index contributed by atoms with van der Waals surface area (Å²) in [6.45, 7) is 5.93. The fraction of sp³-hybridized carbons (Fsp3) is 0.286. The van der Waals surface area contributed by atoms with Crippen LogP contribution in [0.3, 0.4) is 0 Å². The summed E-state index contributed by atoms with van der Waals surface area (Å²) < 4.78 is 28.0. The molecule has 0 aliphatic carbocycles. The molecule has 0 bridgehead atoms. The predicted molar refractivity (Wildman–Crippen MR) is 128 cm³/mol. The minimum atomic E-state index is -3.91. The maximum Gasteiger partial charge on any atom is 0.270 e. The van der Waals surface area contributed by atoms with Crippen LogP contribution in [0.15, 0.2) is 52.9 Å². The molecule has 1 aromatic heterocycles. The lowest BCUT2D eigenvalue weighted by Gasteiger charge is -2.28. The molecule has 3 aromatic rings. The maximum absolute atomic E-state index is 12.8. The molecule has 2 aromatic carbocycles. The monoisotopic (exact) mass is 512 g/mol. The minimum absolute atomic E-state index is 0.0404. The van der Waals surface area contributed by atoms with Crippen LogP contribution in [0.25, 0.3) is 0 Å². The summed E-state index contributed by atoms with van der Waals surface area (Å²) in [4.78, 5) is 12.4. The number of hydrogen-bond donors (Lipinski definition) is 2. The summed E-state index contributed by atoms with van der Waals surface area (Å²) in [6, 6.07) is 14.0. The van der Waals surface area contributed by atoms with E-state index in [4.69, 9.17) is 23.2 Å². The van der Waals surface area contributed by atoms with Crippen LogP contribution in [0.5, 0.6) is 0 Å². The SMILES string of the molecule is C[C@H](CC(C)(C)c1ccccc1)NS(=O)(=O)c1nnc(NC(=O)c2ccc(Cl)cc2Cl)s1. The van der Waals surface area contributed by atoms with Gasteiger partial charge in [0.1, 0.15) is 0 Å². The molecule has 0 aliphatic rings. The Bertz CT molecular complexity index is 1210. The molecule has 0 saturated carbocycles. The molecule has 0 aliphatic heterocycles. The summed E-state index contributed by atoms with van der Waals surface area (Å²) in [6.07, 6.45) is 0.577. The average Bonchev–Trinajstić information content (AvgIpc) is 3.17. The van der Waals surface area contributed by atoms with Crippen molar-refractivity contribution in [2.75, 3.05) is 5.32 Å². The van der Waals surface area contributed by atoms with Gasteiger partial charge in [0.15, 0.2) is 0 Å². The molecule has 32 heavy (non-hydrogen) atoms. The van der Waals surface area contributed by atoms with E-state index in [1.807, 2.05) is 30.3 Å². The fourth-order valence-corrected chi connectivity index (χ4v) is 5.99. The highest BCUT2D eigenvalue weighted by atomic mass is 35.5. The first-order valence-electron chi connectivity index (χ1n) is 9.66. The van der Waals surface area contributed by atoms with Crippen LogP contribution in [-0.4, -0.2) is 30.6 Å². The van der Waals surface area contributed by atoms with Crippen molar-refractivity contribution in [1.82, 2.24) is 14.9 Å². The molecule has 0 unspecified atom stereocenters. The zero-order valence-electron chi connectivity index (χ0n) is 17.6. The van der Waals surface area contributed by atoms with Crippen molar-refractivity contribution in [1.29, 1.82) is 0 Å². The number of nitrogens with one attached hydrogen (secondary N) is 2. The highest BCUT2D eigenvalue weighted by Gasteiger charge is 2.28. The Morgan fingerprint density at radius 1 is 1.12 bits per heavy atom. The number of rotatable bonds is 8. The first kappa shape index (κ1) is 24.6. The van der Waals surface area contributed by atoms with Gasteiger partial charge in [0.05, 0.1) is 10.6 Å². The normalized spacial score (nSPS) is 13.0. The van der Waals surface area contributed by atoms with Crippen molar-refractivity contribution in [3.05, 3.63) is 69.7 Å². The average molecular weight is 513 g/mol. The van der Waals surface area contributed by atoms with Crippen molar-refractivity contribution in [2.45, 2.75) is 43.0 Å². The molecule has 0 spiro atoms. The topological polar surface area (TPSA) is 101 Å². The molecule has 1 amide bonds. The Labute approximate surface area is 201 Å². The van der Waals surface area contributed by atoms with Gasteiger partial charge in [-0.25, -0.2) is 13.1 Å². The number of amides is 1. The van der Waals surface area contributed by atoms with E-state index in [-0.39, 0.29) is 31.5 Å². The van der Waals surface area contributed by atoms with Crippen LogP contribution in [-0.2, 0) is 15.4 Å². The molecule has 7 nitrogen and oxygen atoms in total. The molecule has 1 heterocycles. The lowest BCUT2D eigenvalue weighted by Crippen LogP contribution is -2.37. The van der Waals surface area contributed by atoms with Gasteiger partial charge in [-0.05, 0) is 42.5 Å². The Morgan fingerprint density at radius 3 is 2.47 bits per heavy atom. The van der Waals surface area contributed by atoms with Gasteiger partial charge in [0.2, 0.25) is 9.47 Å². The van der Waals surface area contributed by atoms with Crippen molar-refractivity contribution >= 4 is 55.6 Å². The Hall–Kier alpha value is -2.04. The summed E-state index contributed by atoms with van der Waals surface area (Å²) in [5, 5.41) is 10.6. The first-order chi connectivity index (χ1) is 15.0. The number of nitrogens with zero attached hydrogens (tertiary/aromatic N) is 2. The second-order valence-corrected chi connectivity index (χ2v) is 11.6. The molecule has 170 valence electrons. The van der Waals surface area contributed by atoms with Gasteiger partial charge >= 0.3 is 0 Å². The molecule has 11 heteroatoms. The van der Waals surface area contributed by atoms with E-state index in [9.17, 15) is 13.2 Å². The lowest BCUT2D eigenvalue weighted by molar-refractivity contribution is 0.102. The highest BCUT2D eigenvalue weighted by Crippen LogP contribution is 2.29. The van der Waals surface area contributed by atoms with E-state index < -0.39 is 15.9 Å². The van der Waals surface area contributed by atoms with E-state index in [0.717, 1.165) is 16.9 Å². The Morgan fingerprint density at radius 2 is 1.81 bits per heavy atom. The predicted octanol–water partition coefficient (Wildman–Crippen LogP) is 5.13. The van der Waals surface area contributed by atoms with Crippen molar-refractivity contribution in [3.8, 4) is 0 Å². The van der Waals surface area contributed by atoms with Gasteiger partial charge in [-0.2, -0.15) is 0 Å². The number of halogens is 2. The van der Waals surface area contributed by atoms with Gasteiger partial charge in [0.25, 0.3) is 15.9 Å². The van der Waals surface area contributed by atoms with E-state index in [0.29, 0.717) is 11.4 Å². The highest BCUT2D eigenvalue weighted by molar-refractivity contribution is 7.91. The lowest BCUT2D eigenvalue weighted by atomic mass is 9.79. The Kier molecular flexibility index (Phi) is 7.57. The van der Waals surface area contributed by atoms with Crippen LogP contribution in [0.4, 0.5) is 5.13 Å². The van der Waals surface area contributed by atoms with Gasteiger partial charge in [0, 0.05) is 11.1 Å². The van der Waals surface area contributed by atoms with Crippen LogP contribution < -0.4 is 10.0 Å². The molecular weight excluding hydrogens is 491 g/mol. The first-order valence-corrected chi connectivity index (χ1v) is 12.7. The number of hydrogen-bond acceptors (Lipinski definition) is 6. The third-order valence-electron chi connectivity index (χ3n) is 4.76. The quantitative estimate of drug-likeness (QED) is 0.407. The van der Waals surface area contributed by atoms with Crippen LogP contribution in [0.1, 0.15) is 43.1 Å². The number of carbonyl (C=O) groups is 1. The smallest absolute Gasteiger partial charge is 0.270 e. The number of aromatic nitrogens is 2. The van der Waals surface area contributed by atoms with Crippen LogP contribution >= 0.6 is 34.5 Å². The van der Waals surface area contributed by atoms with Crippen molar-refractivity contribution < 1.29 is 13.2 Å². The summed E-state index contributed by atoms with van der Waals surface area (Å²) >= 11 is 12.6. The number of carbonyl (C=O) groups excluding carboxylic acids is 1. The molecule has 3 rings (SSSR count). The summed E-state index contributed by atoms with van der Waals surface area (Å²) in [7, 11) is -3.91. The second kappa shape index (κ2) is 9.84. The fourth-order valence-electron chi connectivity index (χ4n) is 3.34. The maximum atomic E-state index is 12.8. The molecule has 0 saturated heterocycles. The van der Waals surface area contributed by atoms with E-state index in [1.54, 1.807) is 6.92 Å². The van der Waals surface area contributed by atoms with Crippen LogP contribution in [0.2, 0.25) is 10.0 Å². The van der Waals surface area contributed by atoms with Crippen molar-refractivity contribution in [3.63, 3.8) is 0 Å². The zero-order valence-corrected chi connectivity index (χ0v) is 20.7. The zero-order chi connectivity index (χ0) is 23.5. The standard InChI is InChI=1S/C21H22Cl2N4O3S2/c1-13(12-21(2,3)14-7-5-4-6-8-14)27-32(29,30)20-26-25-19(31-20)24-18(28)16-10-9-15(22)11-17(16)23/h4-11,13,27H,12H2,1-3H3,(H,24,25,28)/t13-/m1/s1. The molecule has 0 fully saturated rings. The van der Waals surface area contributed by atoms with Gasteiger partial charge in [-0.15, -0.1) is 10.2 Å². The molecule has 0 radical (unpaired) electrons.